The van der Waals surface area contributed by atoms with Crippen molar-refractivity contribution < 1.29 is 4.79 Å². The third kappa shape index (κ3) is 2.86. The molecule has 1 aliphatic heterocycles. The number of amides is 1. The molecule has 3 atom stereocenters. The second-order valence-electron chi connectivity index (χ2n) is 5.95. The van der Waals surface area contributed by atoms with Crippen LogP contribution in [0.25, 0.3) is 0 Å². The number of hydrogen-bond donors (Lipinski definition) is 1. The first-order chi connectivity index (χ1) is 8.54. The fraction of sp³-hybridized carbons (Fsp3) is 0.929. The van der Waals surface area contributed by atoms with Crippen LogP contribution in [-0.4, -0.2) is 54.1 Å². The number of rotatable bonds is 6. The summed E-state index contributed by atoms with van der Waals surface area (Å²) >= 11 is 0. The smallest absolute Gasteiger partial charge is 0.241 e. The van der Waals surface area contributed by atoms with E-state index < -0.39 is 0 Å². The molecule has 1 saturated heterocycles. The van der Waals surface area contributed by atoms with Gasteiger partial charge in [-0.1, -0.05) is 20.3 Å². The number of nitrogens with one attached hydrogen (secondary N) is 1. The molecule has 0 bridgehead atoms. The van der Waals surface area contributed by atoms with Crippen LogP contribution in [0.3, 0.4) is 0 Å². The number of carbonyl (C=O) groups is 1. The van der Waals surface area contributed by atoms with Gasteiger partial charge in [0.2, 0.25) is 5.91 Å². The van der Waals surface area contributed by atoms with E-state index >= 15 is 0 Å². The molecule has 1 aliphatic carbocycles. The van der Waals surface area contributed by atoms with Gasteiger partial charge in [-0.2, -0.15) is 0 Å². The zero-order valence-corrected chi connectivity index (χ0v) is 12.1. The molecule has 2 fully saturated rings. The van der Waals surface area contributed by atoms with Gasteiger partial charge in [0.25, 0.3) is 0 Å². The summed E-state index contributed by atoms with van der Waals surface area (Å²) in [5.41, 5.74) is 0. The van der Waals surface area contributed by atoms with Crippen LogP contribution in [0.1, 0.15) is 40.0 Å². The Balaban J connectivity index is 1.85. The summed E-state index contributed by atoms with van der Waals surface area (Å²) in [4.78, 5) is 16.8. The third-order valence-corrected chi connectivity index (χ3v) is 4.51. The molecule has 0 aromatic rings. The highest BCUT2D eigenvalue weighted by Gasteiger charge is 2.38. The molecular weight excluding hydrogens is 226 g/mol. The first kappa shape index (κ1) is 13.8. The molecule has 2 aliphatic rings. The number of nitrogens with zero attached hydrogens (tertiary/aromatic N) is 2. The van der Waals surface area contributed by atoms with E-state index in [9.17, 15) is 4.79 Å². The fourth-order valence-electron chi connectivity index (χ4n) is 2.70. The maximum absolute atomic E-state index is 12.4. The van der Waals surface area contributed by atoms with Crippen molar-refractivity contribution in [1.29, 1.82) is 0 Å². The van der Waals surface area contributed by atoms with E-state index in [0.717, 1.165) is 25.6 Å². The van der Waals surface area contributed by atoms with Gasteiger partial charge in [0.1, 0.15) is 0 Å². The lowest BCUT2D eigenvalue weighted by atomic mass is 9.99. The van der Waals surface area contributed by atoms with Crippen LogP contribution in [0, 0.1) is 5.92 Å². The quantitative estimate of drug-likeness (QED) is 0.774. The van der Waals surface area contributed by atoms with Crippen LogP contribution < -0.4 is 5.32 Å². The minimum Gasteiger partial charge on any atom is -0.325 e. The first-order valence-corrected chi connectivity index (χ1v) is 7.31. The molecule has 4 nitrogen and oxygen atoms in total. The normalized spacial score (nSPS) is 30.3. The van der Waals surface area contributed by atoms with E-state index in [1.807, 2.05) is 4.90 Å². The first-order valence-electron chi connectivity index (χ1n) is 7.31. The summed E-state index contributed by atoms with van der Waals surface area (Å²) in [6.07, 6.45) is 3.89. The Labute approximate surface area is 111 Å². The van der Waals surface area contributed by atoms with E-state index in [2.05, 4.69) is 38.0 Å². The summed E-state index contributed by atoms with van der Waals surface area (Å²) in [6, 6.07) is 0.799. The lowest BCUT2D eigenvalue weighted by Crippen LogP contribution is -2.40. The molecule has 0 aromatic heterocycles. The highest BCUT2D eigenvalue weighted by Crippen LogP contribution is 2.25. The average molecular weight is 253 g/mol. The Morgan fingerprint density at radius 1 is 1.50 bits per heavy atom. The average Bonchev–Trinajstić information content (AvgIpc) is 3.15. The van der Waals surface area contributed by atoms with Crippen molar-refractivity contribution >= 4 is 5.91 Å². The maximum Gasteiger partial charge on any atom is 0.241 e. The van der Waals surface area contributed by atoms with Gasteiger partial charge in [-0.3, -0.25) is 10.1 Å². The standard InChI is InChI=1S/C14H27N3O/c1-5-10(2)13-14(18)17(11(3)15-13)9-8-16(4)12-6-7-12/h10-13,15H,5-9H2,1-4H3. The topological polar surface area (TPSA) is 35.6 Å². The maximum atomic E-state index is 12.4. The lowest BCUT2D eigenvalue weighted by Gasteiger charge is -2.24. The van der Waals surface area contributed by atoms with Crippen molar-refractivity contribution in [2.75, 3.05) is 20.1 Å². The van der Waals surface area contributed by atoms with Crippen LogP contribution in [0.2, 0.25) is 0 Å². The second-order valence-corrected chi connectivity index (χ2v) is 5.95. The zero-order valence-electron chi connectivity index (χ0n) is 12.1. The monoisotopic (exact) mass is 253 g/mol. The summed E-state index contributed by atoms with van der Waals surface area (Å²) < 4.78 is 0. The van der Waals surface area contributed by atoms with Crippen molar-refractivity contribution in [2.24, 2.45) is 5.92 Å². The third-order valence-electron chi connectivity index (χ3n) is 4.51. The van der Waals surface area contributed by atoms with Gasteiger partial charge >= 0.3 is 0 Å². The summed E-state index contributed by atoms with van der Waals surface area (Å²) in [6.45, 7) is 8.25. The van der Waals surface area contributed by atoms with Crippen LogP contribution in [0.5, 0.6) is 0 Å². The largest absolute Gasteiger partial charge is 0.325 e. The molecule has 4 heteroatoms. The molecule has 1 N–H and O–H groups in total. The second kappa shape index (κ2) is 5.57. The Hall–Kier alpha value is -0.610. The van der Waals surface area contributed by atoms with Gasteiger partial charge in [-0.15, -0.1) is 0 Å². The van der Waals surface area contributed by atoms with Crippen molar-refractivity contribution in [3.63, 3.8) is 0 Å². The summed E-state index contributed by atoms with van der Waals surface area (Å²) in [7, 11) is 2.17. The van der Waals surface area contributed by atoms with Crippen molar-refractivity contribution in [1.82, 2.24) is 15.1 Å². The summed E-state index contributed by atoms with van der Waals surface area (Å²) in [5.74, 6) is 0.715. The molecule has 3 unspecified atom stereocenters. The van der Waals surface area contributed by atoms with Crippen LogP contribution in [0.15, 0.2) is 0 Å². The molecule has 1 amide bonds. The Morgan fingerprint density at radius 2 is 2.17 bits per heavy atom. The van der Waals surface area contributed by atoms with E-state index in [4.69, 9.17) is 0 Å². The van der Waals surface area contributed by atoms with E-state index in [1.165, 1.54) is 12.8 Å². The molecule has 18 heavy (non-hydrogen) atoms. The molecule has 0 spiro atoms. The number of likely N-dealkylation sites (N-methyl/N-ethyl adjacent to an activating group) is 1. The van der Waals surface area contributed by atoms with Gasteiger partial charge in [-0.05, 0) is 32.7 Å². The highest BCUT2D eigenvalue weighted by molar-refractivity contribution is 5.84. The Morgan fingerprint density at radius 3 is 2.72 bits per heavy atom. The highest BCUT2D eigenvalue weighted by atomic mass is 16.2. The fourth-order valence-corrected chi connectivity index (χ4v) is 2.70. The van der Waals surface area contributed by atoms with E-state index in [-0.39, 0.29) is 12.2 Å². The van der Waals surface area contributed by atoms with Crippen molar-refractivity contribution in [2.45, 2.75) is 58.3 Å². The Kier molecular flexibility index (Phi) is 4.28. The van der Waals surface area contributed by atoms with Gasteiger partial charge < -0.3 is 9.80 Å². The van der Waals surface area contributed by atoms with E-state index in [0.29, 0.717) is 11.8 Å². The molecule has 1 heterocycles. The predicted molar refractivity (Wildman–Crippen MR) is 73.2 cm³/mol. The SMILES string of the molecule is CCC(C)C1NC(C)N(CCN(C)C2CC2)C1=O. The molecular formula is C14H27N3O. The van der Waals surface area contributed by atoms with Crippen LogP contribution >= 0.6 is 0 Å². The van der Waals surface area contributed by atoms with Crippen LogP contribution in [-0.2, 0) is 4.79 Å². The number of hydrogen-bond acceptors (Lipinski definition) is 3. The van der Waals surface area contributed by atoms with Gasteiger partial charge in [0, 0.05) is 19.1 Å². The van der Waals surface area contributed by atoms with Crippen molar-refractivity contribution in [3.8, 4) is 0 Å². The molecule has 104 valence electrons. The van der Waals surface area contributed by atoms with Crippen molar-refractivity contribution in [3.05, 3.63) is 0 Å². The zero-order chi connectivity index (χ0) is 13.3. The van der Waals surface area contributed by atoms with Crippen LogP contribution in [0.4, 0.5) is 0 Å². The van der Waals surface area contributed by atoms with E-state index in [1.54, 1.807) is 0 Å². The van der Waals surface area contributed by atoms with Gasteiger partial charge in [-0.25, -0.2) is 0 Å². The van der Waals surface area contributed by atoms with Gasteiger partial charge in [0.05, 0.1) is 12.2 Å². The van der Waals surface area contributed by atoms with Gasteiger partial charge in [0.15, 0.2) is 0 Å². The Bertz CT molecular complexity index is 303. The summed E-state index contributed by atoms with van der Waals surface area (Å²) in [5, 5.41) is 3.43. The molecule has 0 aromatic carbocycles. The predicted octanol–water partition coefficient (Wildman–Crippen LogP) is 1.27. The molecule has 0 radical (unpaired) electrons. The molecule has 2 rings (SSSR count). The molecule has 1 saturated carbocycles. The number of carbonyl (C=O) groups excluding carboxylic acids is 1. The minimum atomic E-state index is 0.0243. The minimum absolute atomic E-state index is 0.0243. The lowest BCUT2D eigenvalue weighted by molar-refractivity contribution is -0.130.